The molecule has 0 aliphatic carbocycles. The number of carbonyl (C=O) groups excluding carboxylic acids is 2. The SMILES string of the molecule is COc1ccc(S(=O)(=O)N2C(=O)C(c3cccnc3OC)(N3CCN(c4cccnc4)C(=O)C3)c3cc(Cl)ccc32)c(OC)c1. The Labute approximate surface area is 264 Å². The van der Waals surface area contributed by atoms with E-state index in [0.717, 1.165) is 4.31 Å². The highest BCUT2D eigenvalue weighted by Gasteiger charge is 2.61. The van der Waals surface area contributed by atoms with Gasteiger partial charge in [-0.2, -0.15) is 0 Å². The highest BCUT2D eigenvalue weighted by atomic mass is 35.5. The molecule has 12 nitrogen and oxygen atoms in total. The van der Waals surface area contributed by atoms with Crippen LogP contribution in [0.2, 0.25) is 5.02 Å². The molecule has 4 aromatic rings. The van der Waals surface area contributed by atoms with Gasteiger partial charge in [0.05, 0.1) is 45.4 Å². The smallest absolute Gasteiger partial charge is 0.274 e. The zero-order valence-electron chi connectivity index (χ0n) is 24.5. The van der Waals surface area contributed by atoms with Gasteiger partial charge in [-0.1, -0.05) is 11.6 Å². The molecule has 0 bridgehead atoms. The normalized spacial score (nSPS) is 18.6. The number of ether oxygens (including phenoxy) is 3. The monoisotopic (exact) mass is 649 g/mol. The maximum Gasteiger partial charge on any atom is 0.274 e. The van der Waals surface area contributed by atoms with Gasteiger partial charge < -0.3 is 19.1 Å². The third kappa shape index (κ3) is 4.74. The molecule has 4 heterocycles. The molecule has 1 fully saturated rings. The lowest BCUT2D eigenvalue weighted by molar-refractivity contribution is -0.131. The van der Waals surface area contributed by atoms with Gasteiger partial charge in [-0.25, -0.2) is 17.7 Å². The average molecular weight is 650 g/mol. The van der Waals surface area contributed by atoms with E-state index in [0.29, 0.717) is 11.4 Å². The quantitative estimate of drug-likeness (QED) is 0.280. The van der Waals surface area contributed by atoms with Crippen LogP contribution in [0.25, 0.3) is 0 Å². The number of aromatic nitrogens is 2. The van der Waals surface area contributed by atoms with E-state index in [1.54, 1.807) is 52.5 Å². The predicted octanol–water partition coefficient (Wildman–Crippen LogP) is 3.48. The van der Waals surface area contributed by atoms with Gasteiger partial charge in [-0.15, -0.1) is 0 Å². The average Bonchev–Trinajstić information content (AvgIpc) is 3.32. The van der Waals surface area contributed by atoms with Crippen LogP contribution < -0.4 is 23.4 Å². The molecule has 2 amide bonds. The topological polar surface area (TPSA) is 131 Å². The van der Waals surface area contributed by atoms with Crippen molar-refractivity contribution in [3.05, 3.63) is 95.4 Å². The summed E-state index contributed by atoms with van der Waals surface area (Å²) in [7, 11) is -0.448. The fraction of sp³-hybridized carbons (Fsp3) is 0.226. The number of sulfonamides is 1. The van der Waals surface area contributed by atoms with Crippen molar-refractivity contribution in [2.24, 2.45) is 0 Å². The molecule has 232 valence electrons. The lowest BCUT2D eigenvalue weighted by Gasteiger charge is -2.44. The van der Waals surface area contributed by atoms with Crippen LogP contribution in [0.1, 0.15) is 11.1 Å². The Hall–Kier alpha value is -4.72. The molecule has 0 saturated carbocycles. The maximum absolute atomic E-state index is 15.1. The Bertz CT molecular complexity index is 1910. The van der Waals surface area contributed by atoms with Gasteiger partial charge in [0.15, 0.2) is 5.54 Å². The Kier molecular flexibility index (Phi) is 7.85. The van der Waals surface area contributed by atoms with Gasteiger partial charge in [-0.05, 0) is 54.6 Å². The number of piperazine rings is 1. The highest BCUT2D eigenvalue weighted by Crippen LogP contribution is 2.53. The fourth-order valence-corrected chi connectivity index (χ4v) is 7.76. The maximum atomic E-state index is 15.1. The van der Waals surface area contributed by atoms with E-state index in [2.05, 4.69) is 9.97 Å². The summed E-state index contributed by atoms with van der Waals surface area (Å²) in [5.41, 5.74) is -0.695. The van der Waals surface area contributed by atoms with Crippen molar-refractivity contribution in [3.63, 3.8) is 0 Å². The van der Waals surface area contributed by atoms with Crippen molar-refractivity contribution in [2.75, 3.05) is 50.2 Å². The van der Waals surface area contributed by atoms with Crippen LogP contribution in [0, 0.1) is 0 Å². The molecule has 2 aliphatic rings. The van der Waals surface area contributed by atoms with Crippen molar-refractivity contribution in [1.82, 2.24) is 14.9 Å². The summed E-state index contributed by atoms with van der Waals surface area (Å²) >= 11 is 6.53. The number of nitrogens with zero attached hydrogens (tertiary/aromatic N) is 5. The van der Waals surface area contributed by atoms with Crippen LogP contribution >= 0.6 is 11.6 Å². The molecule has 0 N–H and O–H groups in total. The van der Waals surface area contributed by atoms with Crippen LogP contribution in [0.5, 0.6) is 17.4 Å². The van der Waals surface area contributed by atoms with E-state index in [-0.39, 0.29) is 63.9 Å². The Morgan fingerprint density at radius 2 is 1.69 bits per heavy atom. The van der Waals surface area contributed by atoms with Gasteiger partial charge >= 0.3 is 0 Å². The number of pyridine rings is 2. The summed E-state index contributed by atoms with van der Waals surface area (Å²) in [5, 5.41) is 0.260. The van der Waals surface area contributed by atoms with Gasteiger partial charge in [0.25, 0.3) is 15.9 Å². The number of rotatable bonds is 8. The van der Waals surface area contributed by atoms with Crippen molar-refractivity contribution in [1.29, 1.82) is 0 Å². The minimum Gasteiger partial charge on any atom is -0.497 e. The first-order valence-electron chi connectivity index (χ1n) is 13.7. The lowest BCUT2D eigenvalue weighted by Crippen LogP contribution is -2.62. The number of benzene rings is 2. The highest BCUT2D eigenvalue weighted by molar-refractivity contribution is 7.93. The molecule has 2 aliphatic heterocycles. The molecular weight excluding hydrogens is 622 g/mol. The summed E-state index contributed by atoms with van der Waals surface area (Å²) in [4.78, 5) is 40.3. The number of amides is 2. The molecule has 0 radical (unpaired) electrons. The van der Waals surface area contributed by atoms with Crippen LogP contribution in [0.3, 0.4) is 0 Å². The number of methoxy groups -OCH3 is 3. The molecular formula is C31H28ClN5O7S. The first kappa shape index (κ1) is 30.3. The van der Waals surface area contributed by atoms with E-state index >= 15 is 4.79 Å². The molecule has 1 saturated heterocycles. The Morgan fingerprint density at radius 1 is 0.889 bits per heavy atom. The Balaban J connectivity index is 1.58. The van der Waals surface area contributed by atoms with Crippen LogP contribution in [0.15, 0.2) is 84.1 Å². The molecule has 6 rings (SSSR count). The zero-order valence-corrected chi connectivity index (χ0v) is 26.1. The largest absolute Gasteiger partial charge is 0.497 e. The number of fused-ring (bicyclic) bond motifs is 1. The number of hydrogen-bond donors (Lipinski definition) is 0. The second-order valence-electron chi connectivity index (χ2n) is 10.2. The van der Waals surface area contributed by atoms with E-state index in [4.69, 9.17) is 25.8 Å². The number of carbonyl (C=O) groups is 2. The number of halogens is 1. The fourth-order valence-electron chi connectivity index (χ4n) is 5.98. The molecule has 0 spiro atoms. The van der Waals surface area contributed by atoms with Crippen LogP contribution in [-0.2, 0) is 25.2 Å². The minimum atomic E-state index is -4.62. The first-order chi connectivity index (χ1) is 21.7. The molecule has 45 heavy (non-hydrogen) atoms. The van der Waals surface area contributed by atoms with Crippen molar-refractivity contribution in [3.8, 4) is 17.4 Å². The van der Waals surface area contributed by atoms with Gasteiger partial charge in [0, 0.05) is 47.7 Å². The van der Waals surface area contributed by atoms with Crippen molar-refractivity contribution < 1.29 is 32.2 Å². The summed E-state index contributed by atoms with van der Waals surface area (Å²) in [6.45, 7) is 0.123. The van der Waals surface area contributed by atoms with Gasteiger partial charge in [-0.3, -0.25) is 19.5 Å². The molecule has 14 heteroatoms. The minimum absolute atomic E-state index is 0.0191. The van der Waals surface area contributed by atoms with E-state index in [9.17, 15) is 13.2 Å². The predicted molar refractivity (Wildman–Crippen MR) is 165 cm³/mol. The van der Waals surface area contributed by atoms with E-state index < -0.39 is 21.5 Å². The standard InChI is InChI=1S/C31H28ClN5O7S/c1-42-22-9-11-27(26(17-22)43-2)45(40,41)37-25-10-8-20(32)16-24(25)31(30(37)39,23-7-5-13-34-29(23)44-3)35-14-15-36(28(38)19-35)21-6-4-12-33-18-21/h4-13,16-18H,14-15,19H2,1-3H3. The second kappa shape index (κ2) is 11.7. The third-order valence-corrected chi connectivity index (χ3v) is 9.93. The second-order valence-corrected chi connectivity index (χ2v) is 12.4. The van der Waals surface area contributed by atoms with Crippen molar-refractivity contribution >= 4 is 44.8 Å². The van der Waals surface area contributed by atoms with Crippen LogP contribution in [-0.4, -0.2) is 76.1 Å². The third-order valence-electron chi connectivity index (χ3n) is 7.96. The van der Waals surface area contributed by atoms with E-state index in [1.807, 2.05) is 0 Å². The summed E-state index contributed by atoms with van der Waals surface area (Å²) in [5.74, 6) is -0.739. The first-order valence-corrected chi connectivity index (χ1v) is 15.6. The van der Waals surface area contributed by atoms with Crippen LogP contribution in [0.4, 0.5) is 11.4 Å². The van der Waals surface area contributed by atoms with Gasteiger partial charge in [0.1, 0.15) is 16.4 Å². The number of anilines is 2. The summed E-state index contributed by atoms with van der Waals surface area (Å²) < 4.78 is 46.1. The molecule has 1 atom stereocenters. The van der Waals surface area contributed by atoms with Crippen molar-refractivity contribution in [2.45, 2.75) is 10.4 Å². The molecule has 2 aromatic heterocycles. The summed E-state index contributed by atoms with van der Waals surface area (Å²) in [6.07, 6.45) is 4.69. The number of hydrogen-bond acceptors (Lipinski definition) is 10. The molecule has 2 aromatic carbocycles. The van der Waals surface area contributed by atoms with Gasteiger partial charge in [0.2, 0.25) is 11.8 Å². The zero-order chi connectivity index (χ0) is 31.9. The molecule has 1 unspecified atom stereocenters. The van der Waals surface area contributed by atoms with E-state index in [1.165, 1.54) is 57.9 Å². The summed E-state index contributed by atoms with van der Waals surface area (Å²) in [6, 6.07) is 15.5. The lowest BCUT2D eigenvalue weighted by atomic mass is 9.81. The Morgan fingerprint density at radius 3 is 2.38 bits per heavy atom.